The van der Waals surface area contributed by atoms with Gasteiger partial charge in [0.1, 0.15) is 11.3 Å². The molecule has 6 aliphatic carbocycles. The van der Waals surface area contributed by atoms with Gasteiger partial charge in [0.05, 0.1) is 5.92 Å². The first-order valence-corrected chi connectivity index (χ1v) is 25.4. The van der Waals surface area contributed by atoms with Crippen molar-refractivity contribution in [1.82, 2.24) is 15.5 Å². The van der Waals surface area contributed by atoms with Crippen molar-refractivity contribution in [1.29, 1.82) is 0 Å². The van der Waals surface area contributed by atoms with Crippen LogP contribution in [0.4, 0.5) is 0 Å². The number of hydrogen-bond donors (Lipinski definition) is 4. The van der Waals surface area contributed by atoms with Gasteiger partial charge in [-0.1, -0.05) is 54.0 Å². The third-order valence-electron chi connectivity index (χ3n) is 18.1. The molecule has 12 unspecified atom stereocenters. The van der Waals surface area contributed by atoms with Crippen LogP contribution >= 0.6 is 0 Å². The molecule has 7 rings (SSSR count). The van der Waals surface area contributed by atoms with Gasteiger partial charge in [0, 0.05) is 66.1 Å². The Kier molecular flexibility index (Phi) is 16.0. The van der Waals surface area contributed by atoms with Crippen LogP contribution in [0.2, 0.25) is 0 Å². The summed E-state index contributed by atoms with van der Waals surface area (Å²) in [5.74, 6) is 4.11. The Morgan fingerprint density at radius 2 is 1.57 bits per heavy atom. The number of nitrogens with two attached hydrogens (primary N) is 1. The minimum atomic E-state index is -0.987. The minimum absolute atomic E-state index is 0.0536. The maximum absolute atomic E-state index is 13.8. The molecule has 0 radical (unpaired) electrons. The van der Waals surface area contributed by atoms with E-state index in [-0.39, 0.29) is 45.8 Å². The van der Waals surface area contributed by atoms with E-state index in [1.54, 1.807) is 13.8 Å². The molecule has 12 heteroatoms. The summed E-state index contributed by atoms with van der Waals surface area (Å²) in [5.41, 5.74) is 6.27. The van der Waals surface area contributed by atoms with E-state index in [1.165, 1.54) is 31.9 Å². The molecule has 1 heterocycles. The Morgan fingerprint density at radius 3 is 2.16 bits per heavy atom. The number of rotatable bonds is 12. The lowest BCUT2D eigenvalue weighted by molar-refractivity contribution is -0.172. The Bertz CT molecular complexity index is 1690. The molecule has 0 spiro atoms. The highest BCUT2D eigenvalue weighted by atomic mass is 32.2. The standard InChI is InChI=1S/C42H64N2O6.C6H13NOS.CH5N/c1-23(2)35-33(47)21-42(17-18-43-38(50)39(5,6)44-22-45)16-13-31-27(36(35)42)9-10-34-40(7)14-11-26(24(3)30(40)12-15-41(31,34)8)19-32(46)28-20-29(25(28)4)37(48)49;1-2-7-3-5-9(8)6-4-7;1-2/h22-31,34H,9-21H2,1-8H3,(H,43,50)(H,44,45)(H,48,49);2-6H2,1H3;2H2,1H3. The van der Waals surface area contributed by atoms with Gasteiger partial charge in [-0.3, -0.25) is 28.2 Å². The fraction of sp³-hybridized carbons (Fsp3) is 0.857. The van der Waals surface area contributed by atoms with Crippen LogP contribution in [0.5, 0.6) is 0 Å². The van der Waals surface area contributed by atoms with Crippen molar-refractivity contribution in [2.45, 2.75) is 145 Å². The van der Waals surface area contributed by atoms with Crippen LogP contribution in [0.25, 0.3) is 0 Å². The zero-order valence-corrected chi connectivity index (χ0v) is 40.2. The van der Waals surface area contributed by atoms with Crippen LogP contribution in [0, 0.1) is 75.4 Å². The number of carbonyl (C=O) groups excluding carboxylic acids is 4. The number of carboxylic acid groups (broad SMARTS) is 1. The molecule has 12 atom stereocenters. The molecule has 346 valence electrons. The zero-order valence-electron chi connectivity index (χ0n) is 39.4. The number of nitrogens with zero attached hydrogens (tertiary/aromatic N) is 1. The van der Waals surface area contributed by atoms with Gasteiger partial charge in [-0.05, 0) is 155 Å². The van der Waals surface area contributed by atoms with Gasteiger partial charge in [0.15, 0.2) is 5.78 Å². The summed E-state index contributed by atoms with van der Waals surface area (Å²) in [6.45, 7) is 23.1. The molecule has 0 bridgehead atoms. The first kappa shape index (κ1) is 49.6. The second-order valence-electron chi connectivity index (χ2n) is 21.6. The second kappa shape index (κ2) is 19.7. The predicted octanol–water partition coefficient (Wildman–Crippen LogP) is 6.80. The highest BCUT2D eigenvalue weighted by Gasteiger charge is 2.65. The van der Waals surface area contributed by atoms with Crippen molar-refractivity contribution < 1.29 is 33.3 Å². The molecule has 6 fully saturated rings. The highest BCUT2D eigenvalue weighted by Crippen LogP contribution is 2.72. The smallest absolute Gasteiger partial charge is 0.306 e. The summed E-state index contributed by atoms with van der Waals surface area (Å²) in [5, 5.41) is 15.2. The van der Waals surface area contributed by atoms with Gasteiger partial charge in [0.25, 0.3) is 0 Å². The van der Waals surface area contributed by atoms with E-state index in [0.29, 0.717) is 79.3 Å². The fourth-order valence-corrected chi connectivity index (χ4v) is 15.6. The van der Waals surface area contributed by atoms with E-state index >= 15 is 0 Å². The summed E-state index contributed by atoms with van der Waals surface area (Å²) in [7, 11) is 0.996. The number of amides is 2. The van der Waals surface area contributed by atoms with E-state index < -0.39 is 22.3 Å². The first-order valence-electron chi connectivity index (χ1n) is 23.9. The SMILES string of the molecule is CC(C)C1=C2C3CCC4C(C)(CCC5C(C)C(CC(=O)C6CC(C(=O)O)C6C)CCC54C)C3CCC2(CCNC(=O)C(C)(C)NC=O)CC1=O.CCN1CCS(=O)CC1.CN. The molecule has 0 aromatic rings. The van der Waals surface area contributed by atoms with Crippen LogP contribution in [-0.4, -0.2) is 94.3 Å². The number of aliphatic carboxylic acids is 1. The normalized spacial score (nSPS) is 38.5. The average Bonchev–Trinajstić information content (AvgIpc) is 3.51. The zero-order chi connectivity index (χ0) is 45.2. The Hall–Kier alpha value is -2.44. The van der Waals surface area contributed by atoms with Crippen LogP contribution in [-0.2, 0) is 34.8 Å². The highest BCUT2D eigenvalue weighted by molar-refractivity contribution is 7.85. The van der Waals surface area contributed by atoms with Crippen molar-refractivity contribution >= 4 is 40.7 Å². The first-order chi connectivity index (χ1) is 28.7. The van der Waals surface area contributed by atoms with Gasteiger partial charge >= 0.3 is 5.97 Å². The number of nitrogens with one attached hydrogen (secondary N) is 2. The quantitative estimate of drug-likeness (QED) is 0.154. The topological polar surface area (TPSA) is 176 Å². The van der Waals surface area contributed by atoms with Crippen LogP contribution < -0.4 is 16.4 Å². The molecule has 5 saturated carbocycles. The number of ketones is 2. The summed E-state index contributed by atoms with van der Waals surface area (Å²) in [6, 6.07) is 0. The second-order valence-corrected chi connectivity index (χ2v) is 23.2. The summed E-state index contributed by atoms with van der Waals surface area (Å²) >= 11 is 0. The largest absolute Gasteiger partial charge is 0.481 e. The van der Waals surface area contributed by atoms with Gasteiger partial charge in [-0.2, -0.15) is 0 Å². The Labute approximate surface area is 370 Å². The van der Waals surface area contributed by atoms with E-state index in [4.69, 9.17) is 0 Å². The third kappa shape index (κ3) is 9.53. The molecule has 0 aromatic carbocycles. The van der Waals surface area contributed by atoms with Gasteiger partial charge in [0.2, 0.25) is 12.3 Å². The van der Waals surface area contributed by atoms with Crippen molar-refractivity contribution in [3.63, 3.8) is 0 Å². The fourth-order valence-electron chi connectivity index (χ4n) is 14.5. The molecular weight excluding hydrogens is 789 g/mol. The third-order valence-corrected chi connectivity index (χ3v) is 19.3. The molecule has 0 aromatic heterocycles. The summed E-state index contributed by atoms with van der Waals surface area (Å²) in [4.78, 5) is 65.1. The molecule has 11 nitrogen and oxygen atoms in total. The maximum Gasteiger partial charge on any atom is 0.306 e. The molecule has 1 aliphatic heterocycles. The predicted molar refractivity (Wildman–Crippen MR) is 243 cm³/mol. The van der Waals surface area contributed by atoms with Crippen LogP contribution in [0.3, 0.4) is 0 Å². The molecule has 61 heavy (non-hydrogen) atoms. The molecule has 7 aliphatic rings. The number of allylic oxidation sites excluding steroid dienone is 2. The van der Waals surface area contributed by atoms with Gasteiger partial charge < -0.3 is 26.4 Å². The Balaban J connectivity index is 0.000000562. The van der Waals surface area contributed by atoms with Gasteiger partial charge in [-0.25, -0.2) is 0 Å². The van der Waals surface area contributed by atoms with Crippen molar-refractivity contribution in [2.24, 2.45) is 81.2 Å². The number of carbonyl (C=O) groups is 5. The lowest BCUT2D eigenvalue weighted by Crippen LogP contribution is -2.60. The minimum Gasteiger partial charge on any atom is -0.481 e. The van der Waals surface area contributed by atoms with Crippen molar-refractivity contribution in [2.75, 3.05) is 44.7 Å². The van der Waals surface area contributed by atoms with Crippen molar-refractivity contribution in [3.8, 4) is 0 Å². The number of fused-ring (bicyclic) bond motifs is 7. The molecule has 1 saturated heterocycles. The number of carboxylic acids is 1. The van der Waals surface area contributed by atoms with Gasteiger partial charge in [-0.15, -0.1) is 0 Å². The van der Waals surface area contributed by atoms with Crippen LogP contribution in [0.1, 0.15) is 139 Å². The number of Topliss-reactive ketones (excluding diaryl/α,β-unsaturated/α-hetero) is 2. The average molecular weight is 871 g/mol. The van der Waals surface area contributed by atoms with Crippen molar-refractivity contribution in [3.05, 3.63) is 11.1 Å². The number of hydrogen-bond acceptors (Lipinski definition) is 8. The van der Waals surface area contributed by atoms with Crippen LogP contribution in [0.15, 0.2) is 11.1 Å². The molecule has 2 amide bonds. The molecule has 5 N–H and O–H groups in total. The van der Waals surface area contributed by atoms with E-state index in [2.05, 4.69) is 62.8 Å². The maximum atomic E-state index is 13.8. The lowest BCUT2D eigenvalue weighted by Gasteiger charge is -2.67. The summed E-state index contributed by atoms with van der Waals surface area (Å²) in [6.07, 6.45) is 12.0. The monoisotopic (exact) mass is 871 g/mol. The Morgan fingerprint density at radius 1 is 0.951 bits per heavy atom. The molecular formula is C49H82N4O7S. The van der Waals surface area contributed by atoms with E-state index in [0.717, 1.165) is 75.2 Å². The summed E-state index contributed by atoms with van der Waals surface area (Å²) < 4.78 is 10.8. The lowest BCUT2D eigenvalue weighted by atomic mass is 9.37. The van der Waals surface area contributed by atoms with E-state index in [1.807, 2.05) is 6.92 Å². The van der Waals surface area contributed by atoms with E-state index in [9.17, 15) is 33.3 Å².